The van der Waals surface area contributed by atoms with Crippen molar-refractivity contribution in [3.05, 3.63) is 59.7 Å². The van der Waals surface area contributed by atoms with Gasteiger partial charge in [0.1, 0.15) is 6.61 Å². The molecule has 2 amide bonds. The van der Waals surface area contributed by atoms with Gasteiger partial charge in [-0.25, -0.2) is 4.79 Å². The summed E-state index contributed by atoms with van der Waals surface area (Å²) >= 11 is 0. The Hall–Kier alpha value is -3.35. The summed E-state index contributed by atoms with van der Waals surface area (Å²) in [7, 11) is 0. The number of alkyl carbamates (subject to hydrolysis) is 1. The standard InChI is InChI=1S/C24H28N2O5/c27-22(25-15-7-13-23(28)29)12-5-6-14-26-24(30)31-16-21-19-10-3-1-8-17(19)18-9-2-4-11-20(18)21/h1-4,8-11,21H,5-7,12-16H2,(H,25,27)(H,26,30)(H,28,29). The van der Waals surface area contributed by atoms with Crippen LogP contribution in [0.3, 0.4) is 0 Å². The lowest BCUT2D eigenvalue weighted by molar-refractivity contribution is -0.137. The number of ether oxygens (including phenoxy) is 1. The number of unbranched alkanes of at least 4 members (excludes halogenated alkanes) is 1. The first-order valence-electron chi connectivity index (χ1n) is 10.6. The fourth-order valence-corrected chi connectivity index (χ4v) is 3.81. The molecule has 0 unspecified atom stereocenters. The van der Waals surface area contributed by atoms with E-state index in [-0.39, 0.29) is 24.9 Å². The Labute approximate surface area is 181 Å². The molecule has 1 aliphatic carbocycles. The Morgan fingerprint density at radius 2 is 1.42 bits per heavy atom. The largest absolute Gasteiger partial charge is 0.481 e. The monoisotopic (exact) mass is 424 g/mol. The van der Waals surface area contributed by atoms with Crippen LogP contribution >= 0.6 is 0 Å². The predicted molar refractivity (Wildman–Crippen MR) is 117 cm³/mol. The lowest BCUT2D eigenvalue weighted by Crippen LogP contribution is -2.28. The van der Waals surface area contributed by atoms with E-state index in [9.17, 15) is 14.4 Å². The molecule has 7 heteroatoms. The molecule has 0 bridgehead atoms. The zero-order chi connectivity index (χ0) is 22.1. The Balaban J connectivity index is 1.33. The van der Waals surface area contributed by atoms with Crippen LogP contribution in [0.2, 0.25) is 0 Å². The summed E-state index contributed by atoms with van der Waals surface area (Å²) in [6.45, 7) is 1.07. The Bertz CT molecular complexity index is 882. The van der Waals surface area contributed by atoms with Gasteiger partial charge in [-0.05, 0) is 41.5 Å². The second kappa shape index (κ2) is 11.2. The highest BCUT2D eigenvalue weighted by Gasteiger charge is 2.28. The number of fused-ring (bicyclic) bond motifs is 3. The first kappa shape index (κ1) is 22.3. The molecule has 1 aliphatic rings. The zero-order valence-corrected chi connectivity index (χ0v) is 17.4. The molecule has 2 aromatic rings. The van der Waals surface area contributed by atoms with Crippen LogP contribution in [0.15, 0.2) is 48.5 Å². The number of hydrogen-bond donors (Lipinski definition) is 3. The summed E-state index contributed by atoms with van der Waals surface area (Å²) in [6.07, 6.45) is 1.65. The van der Waals surface area contributed by atoms with Gasteiger partial charge in [0.05, 0.1) is 0 Å². The lowest BCUT2D eigenvalue weighted by Gasteiger charge is -2.14. The van der Waals surface area contributed by atoms with Gasteiger partial charge < -0.3 is 20.5 Å². The van der Waals surface area contributed by atoms with Crippen LogP contribution in [-0.2, 0) is 14.3 Å². The summed E-state index contributed by atoms with van der Waals surface area (Å²) in [5.74, 6) is -0.942. The van der Waals surface area contributed by atoms with Gasteiger partial charge in [0.25, 0.3) is 0 Å². The van der Waals surface area contributed by atoms with E-state index >= 15 is 0 Å². The van der Waals surface area contributed by atoms with E-state index in [0.717, 1.165) is 0 Å². The van der Waals surface area contributed by atoms with Crippen molar-refractivity contribution in [1.82, 2.24) is 10.6 Å². The molecule has 31 heavy (non-hydrogen) atoms. The maximum Gasteiger partial charge on any atom is 0.407 e. The number of rotatable bonds is 11. The molecular weight excluding hydrogens is 396 g/mol. The molecule has 0 aromatic heterocycles. The van der Waals surface area contributed by atoms with Gasteiger partial charge in [-0.2, -0.15) is 0 Å². The van der Waals surface area contributed by atoms with Gasteiger partial charge in [-0.1, -0.05) is 48.5 Å². The number of carbonyl (C=O) groups excluding carboxylic acids is 2. The molecular formula is C24H28N2O5. The summed E-state index contributed by atoms with van der Waals surface area (Å²) in [4.78, 5) is 34.2. The number of carboxylic acid groups (broad SMARTS) is 1. The van der Waals surface area contributed by atoms with Crippen LogP contribution in [0.25, 0.3) is 11.1 Å². The molecule has 7 nitrogen and oxygen atoms in total. The number of carboxylic acids is 1. The third-order valence-electron chi connectivity index (χ3n) is 5.33. The van der Waals surface area contributed by atoms with Crippen molar-refractivity contribution < 1.29 is 24.2 Å². The molecule has 0 radical (unpaired) electrons. The number of aliphatic carboxylic acids is 1. The summed E-state index contributed by atoms with van der Waals surface area (Å²) in [5.41, 5.74) is 4.72. The van der Waals surface area contributed by atoms with Crippen LogP contribution in [0.4, 0.5) is 4.79 Å². The van der Waals surface area contributed by atoms with Crippen molar-refractivity contribution in [1.29, 1.82) is 0 Å². The average Bonchev–Trinajstić information content (AvgIpc) is 3.09. The summed E-state index contributed by atoms with van der Waals surface area (Å²) in [5, 5.41) is 14.0. The van der Waals surface area contributed by atoms with Gasteiger partial charge >= 0.3 is 12.1 Å². The van der Waals surface area contributed by atoms with Crippen molar-refractivity contribution in [2.24, 2.45) is 0 Å². The maximum absolute atomic E-state index is 12.1. The Morgan fingerprint density at radius 1 is 0.806 bits per heavy atom. The zero-order valence-electron chi connectivity index (χ0n) is 17.4. The maximum atomic E-state index is 12.1. The van der Waals surface area contributed by atoms with Crippen molar-refractivity contribution >= 4 is 18.0 Å². The molecule has 0 heterocycles. The third-order valence-corrected chi connectivity index (χ3v) is 5.33. The van der Waals surface area contributed by atoms with E-state index < -0.39 is 12.1 Å². The number of hydrogen-bond acceptors (Lipinski definition) is 4. The molecule has 2 aromatic carbocycles. The molecule has 0 atom stereocenters. The van der Waals surface area contributed by atoms with Crippen molar-refractivity contribution in [3.8, 4) is 11.1 Å². The molecule has 3 rings (SSSR count). The molecule has 0 spiro atoms. The minimum atomic E-state index is -0.867. The number of benzene rings is 2. The van der Waals surface area contributed by atoms with Crippen LogP contribution < -0.4 is 10.6 Å². The topological polar surface area (TPSA) is 105 Å². The quantitative estimate of drug-likeness (QED) is 0.477. The fraction of sp³-hybridized carbons (Fsp3) is 0.375. The molecule has 3 N–H and O–H groups in total. The smallest absolute Gasteiger partial charge is 0.407 e. The van der Waals surface area contributed by atoms with Crippen LogP contribution in [-0.4, -0.2) is 42.8 Å². The molecule has 0 aliphatic heterocycles. The fourth-order valence-electron chi connectivity index (χ4n) is 3.81. The summed E-state index contributed by atoms with van der Waals surface area (Å²) < 4.78 is 5.47. The number of nitrogens with one attached hydrogen (secondary N) is 2. The SMILES string of the molecule is O=C(O)CCCNC(=O)CCCCNC(=O)OCC1c2ccccc2-c2ccccc21. The van der Waals surface area contributed by atoms with Crippen molar-refractivity contribution in [2.45, 2.75) is 38.0 Å². The second-order valence-electron chi connectivity index (χ2n) is 7.56. The number of amides is 2. The van der Waals surface area contributed by atoms with Crippen LogP contribution in [0.5, 0.6) is 0 Å². The normalized spacial score (nSPS) is 12.0. The van der Waals surface area contributed by atoms with Gasteiger partial charge in [-0.15, -0.1) is 0 Å². The predicted octanol–water partition coefficient (Wildman–Crippen LogP) is 3.68. The molecule has 0 saturated heterocycles. The first-order valence-corrected chi connectivity index (χ1v) is 10.6. The first-order chi connectivity index (χ1) is 15.1. The van der Waals surface area contributed by atoms with Crippen LogP contribution in [0, 0.1) is 0 Å². The molecule has 0 saturated carbocycles. The minimum Gasteiger partial charge on any atom is -0.481 e. The van der Waals surface area contributed by atoms with Gasteiger partial charge in [0, 0.05) is 31.8 Å². The van der Waals surface area contributed by atoms with Gasteiger partial charge in [0.2, 0.25) is 5.91 Å². The lowest BCUT2D eigenvalue weighted by atomic mass is 9.98. The molecule has 0 fully saturated rings. The van der Waals surface area contributed by atoms with E-state index in [1.165, 1.54) is 22.3 Å². The molecule has 164 valence electrons. The highest BCUT2D eigenvalue weighted by molar-refractivity contribution is 5.79. The highest BCUT2D eigenvalue weighted by Crippen LogP contribution is 2.44. The van der Waals surface area contributed by atoms with Crippen molar-refractivity contribution in [2.75, 3.05) is 19.7 Å². The second-order valence-corrected chi connectivity index (χ2v) is 7.56. The van der Waals surface area contributed by atoms with Gasteiger partial charge in [0.15, 0.2) is 0 Å². The number of carbonyl (C=O) groups is 3. The van der Waals surface area contributed by atoms with E-state index in [2.05, 4.69) is 34.9 Å². The van der Waals surface area contributed by atoms with E-state index in [1.54, 1.807) is 0 Å². The highest BCUT2D eigenvalue weighted by atomic mass is 16.5. The van der Waals surface area contributed by atoms with E-state index in [0.29, 0.717) is 38.8 Å². The van der Waals surface area contributed by atoms with E-state index in [1.807, 2.05) is 24.3 Å². The summed E-state index contributed by atoms with van der Waals surface area (Å²) in [6, 6.07) is 16.4. The third kappa shape index (κ3) is 6.31. The average molecular weight is 424 g/mol. The minimum absolute atomic E-state index is 0.0305. The van der Waals surface area contributed by atoms with Gasteiger partial charge in [-0.3, -0.25) is 9.59 Å². The Morgan fingerprint density at radius 3 is 2.06 bits per heavy atom. The van der Waals surface area contributed by atoms with Crippen LogP contribution in [0.1, 0.15) is 49.1 Å². The Kier molecular flexibility index (Phi) is 8.04. The van der Waals surface area contributed by atoms with Crippen molar-refractivity contribution in [3.63, 3.8) is 0 Å². The van der Waals surface area contributed by atoms with E-state index in [4.69, 9.17) is 9.84 Å².